The Morgan fingerprint density at radius 3 is 2.55 bits per heavy atom. The van der Waals surface area contributed by atoms with E-state index in [1.807, 2.05) is 13.8 Å². The van der Waals surface area contributed by atoms with Gasteiger partial charge < -0.3 is 4.98 Å². The van der Waals surface area contributed by atoms with Crippen molar-refractivity contribution in [1.82, 2.24) is 19.7 Å². The number of hydrogen-bond acceptors (Lipinski definition) is 3. The zero-order valence-electron chi connectivity index (χ0n) is 16.2. The molecule has 1 aromatic carbocycles. The molecule has 4 rings (SSSR count). The Balaban J connectivity index is 1.95. The molecule has 1 N–H and O–H groups in total. The number of nitrogens with one attached hydrogen (secondary N) is 1. The molecule has 2 heterocycles. The summed E-state index contributed by atoms with van der Waals surface area (Å²) in [6.07, 6.45) is -2.65. The van der Waals surface area contributed by atoms with Gasteiger partial charge in [0.15, 0.2) is 5.65 Å². The van der Waals surface area contributed by atoms with Gasteiger partial charge in [-0.1, -0.05) is 19.9 Å². The third-order valence-electron chi connectivity index (χ3n) is 5.65. The number of rotatable bonds is 4. The van der Waals surface area contributed by atoms with Gasteiger partial charge in [0.2, 0.25) is 0 Å². The quantitative estimate of drug-likeness (QED) is 0.645. The molecule has 0 amide bonds. The van der Waals surface area contributed by atoms with Crippen LogP contribution in [0.4, 0.5) is 17.6 Å². The monoisotopic (exact) mass is 408 g/mol. The van der Waals surface area contributed by atoms with E-state index < -0.39 is 23.6 Å². The fourth-order valence-corrected chi connectivity index (χ4v) is 3.89. The topological polar surface area (TPSA) is 63.6 Å². The summed E-state index contributed by atoms with van der Waals surface area (Å²) in [5, 5.41) is 4.94. The van der Waals surface area contributed by atoms with Crippen LogP contribution in [0.3, 0.4) is 0 Å². The van der Waals surface area contributed by atoms with Crippen molar-refractivity contribution < 1.29 is 17.6 Å². The van der Waals surface area contributed by atoms with E-state index in [-0.39, 0.29) is 11.0 Å². The summed E-state index contributed by atoms with van der Waals surface area (Å²) in [5.41, 5.74) is -0.632. The lowest BCUT2D eigenvalue weighted by Gasteiger charge is -2.25. The Morgan fingerprint density at radius 1 is 1.31 bits per heavy atom. The molecule has 0 radical (unpaired) electrons. The predicted molar refractivity (Wildman–Crippen MR) is 99.1 cm³/mol. The van der Waals surface area contributed by atoms with E-state index in [0.29, 0.717) is 34.5 Å². The molecular weight excluding hydrogens is 388 g/mol. The van der Waals surface area contributed by atoms with Crippen molar-refractivity contribution in [2.75, 3.05) is 0 Å². The van der Waals surface area contributed by atoms with Crippen LogP contribution in [0.5, 0.6) is 0 Å². The second-order valence-electron chi connectivity index (χ2n) is 7.89. The van der Waals surface area contributed by atoms with Gasteiger partial charge in [0.05, 0.1) is 17.3 Å². The standard InChI is InChI=1S/C20H20F4N4O/c1-4-14-15-17(25-10(2)26-18(15)29)28(27-14)16(19(3)7-8-19)11-5-6-12(13(21)9-11)20(22,23)24/h5-6,9,16H,4,7-8H2,1-3H3,(H,25,26,29). The zero-order chi connectivity index (χ0) is 21.1. The van der Waals surface area contributed by atoms with E-state index in [0.717, 1.165) is 25.0 Å². The summed E-state index contributed by atoms with van der Waals surface area (Å²) in [6, 6.07) is 2.45. The molecule has 3 aromatic rings. The first-order chi connectivity index (χ1) is 13.5. The highest BCUT2D eigenvalue weighted by atomic mass is 19.4. The lowest BCUT2D eigenvalue weighted by molar-refractivity contribution is -0.140. The Bertz CT molecular complexity index is 1160. The third kappa shape index (κ3) is 3.22. The fraction of sp³-hybridized carbons (Fsp3) is 0.450. The first-order valence-corrected chi connectivity index (χ1v) is 9.40. The van der Waals surface area contributed by atoms with Gasteiger partial charge in [-0.25, -0.2) is 14.1 Å². The molecule has 0 bridgehead atoms. The van der Waals surface area contributed by atoms with Gasteiger partial charge in [-0.3, -0.25) is 4.79 Å². The number of H-pyrrole nitrogens is 1. The number of aromatic nitrogens is 4. The predicted octanol–water partition coefficient (Wildman–Crippen LogP) is 4.54. The average molecular weight is 408 g/mol. The van der Waals surface area contributed by atoms with Crippen molar-refractivity contribution in [3.05, 3.63) is 57.0 Å². The van der Waals surface area contributed by atoms with Crippen molar-refractivity contribution in [1.29, 1.82) is 0 Å². The SMILES string of the molecule is CCc1nn(C(c2ccc(C(F)(F)F)c(F)c2)C2(C)CC2)c2nc(C)[nH]c(=O)c12. The van der Waals surface area contributed by atoms with Gasteiger partial charge in [-0.05, 0) is 49.3 Å². The largest absolute Gasteiger partial charge is 0.419 e. The molecule has 29 heavy (non-hydrogen) atoms. The maximum atomic E-state index is 14.3. The van der Waals surface area contributed by atoms with Crippen molar-refractivity contribution in [3.63, 3.8) is 0 Å². The molecule has 1 aliphatic carbocycles. The number of fused-ring (bicyclic) bond motifs is 1. The molecule has 1 fully saturated rings. The molecule has 154 valence electrons. The minimum absolute atomic E-state index is 0.311. The van der Waals surface area contributed by atoms with Gasteiger partial charge in [0, 0.05) is 0 Å². The number of nitrogens with zero attached hydrogens (tertiary/aromatic N) is 3. The Kier molecular flexibility index (Phi) is 4.32. The van der Waals surface area contributed by atoms with Crippen LogP contribution in [0.1, 0.15) is 55.4 Å². The molecule has 9 heteroatoms. The Labute approximate surface area is 163 Å². The average Bonchev–Trinajstić information content (AvgIpc) is 3.24. The summed E-state index contributed by atoms with van der Waals surface area (Å²) < 4.78 is 54.9. The summed E-state index contributed by atoms with van der Waals surface area (Å²) in [4.78, 5) is 19.6. The molecule has 1 saturated carbocycles. The first kappa shape index (κ1) is 19.6. The molecule has 1 atom stereocenters. The van der Waals surface area contributed by atoms with E-state index in [2.05, 4.69) is 15.1 Å². The maximum absolute atomic E-state index is 14.3. The fourth-order valence-electron chi connectivity index (χ4n) is 3.89. The number of hydrogen-bond donors (Lipinski definition) is 1. The number of aryl methyl sites for hydroxylation is 2. The van der Waals surface area contributed by atoms with Crippen LogP contribution in [-0.4, -0.2) is 19.7 Å². The summed E-state index contributed by atoms with van der Waals surface area (Å²) in [7, 11) is 0. The van der Waals surface area contributed by atoms with Crippen LogP contribution < -0.4 is 5.56 Å². The van der Waals surface area contributed by atoms with Crippen molar-refractivity contribution in [3.8, 4) is 0 Å². The number of aromatic amines is 1. The van der Waals surface area contributed by atoms with Crippen LogP contribution in [0.2, 0.25) is 0 Å². The van der Waals surface area contributed by atoms with E-state index in [4.69, 9.17) is 0 Å². The van der Waals surface area contributed by atoms with Gasteiger partial charge in [0.25, 0.3) is 5.56 Å². The summed E-state index contributed by atoms with van der Waals surface area (Å²) >= 11 is 0. The smallest absolute Gasteiger partial charge is 0.310 e. The number of alkyl halides is 3. The molecule has 5 nitrogen and oxygen atoms in total. The highest BCUT2D eigenvalue weighted by Gasteiger charge is 2.48. The van der Waals surface area contributed by atoms with Gasteiger partial charge in [-0.15, -0.1) is 0 Å². The van der Waals surface area contributed by atoms with E-state index >= 15 is 0 Å². The molecule has 2 aromatic heterocycles. The lowest BCUT2D eigenvalue weighted by Crippen LogP contribution is -2.23. The normalized spacial score (nSPS) is 16.9. The van der Waals surface area contributed by atoms with Gasteiger partial charge in [-0.2, -0.15) is 18.3 Å². The highest BCUT2D eigenvalue weighted by molar-refractivity contribution is 5.77. The third-order valence-corrected chi connectivity index (χ3v) is 5.65. The second-order valence-corrected chi connectivity index (χ2v) is 7.89. The van der Waals surface area contributed by atoms with Crippen molar-refractivity contribution in [2.24, 2.45) is 5.41 Å². The van der Waals surface area contributed by atoms with Crippen LogP contribution in [0, 0.1) is 18.2 Å². The Hall–Kier alpha value is -2.71. The summed E-state index contributed by atoms with van der Waals surface area (Å²) in [5.74, 6) is -0.914. The van der Waals surface area contributed by atoms with Crippen molar-refractivity contribution in [2.45, 2.75) is 52.3 Å². The maximum Gasteiger partial charge on any atom is 0.419 e. The lowest BCUT2D eigenvalue weighted by atomic mass is 9.91. The molecular formula is C20H20F4N4O. The van der Waals surface area contributed by atoms with Gasteiger partial charge in [0.1, 0.15) is 17.0 Å². The second kappa shape index (κ2) is 6.40. The van der Waals surface area contributed by atoms with Crippen LogP contribution in [0.15, 0.2) is 23.0 Å². The van der Waals surface area contributed by atoms with Gasteiger partial charge >= 0.3 is 6.18 Å². The first-order valence-electron chi connectivity index (χ1n) is 9.40. The van der Waals surface area contributed by atoms with Crippen LogP contribution in [-0.2, 0) is 12.6 Å². The molecule has 1 aliphatic rings. The van der Waals surface area contributed by atoms with Crippen LogP contribution >= 0.6 is 0 Å². The molecule has 0 spiro atoms. The Morgan fingerprint density at radius 2 is 2.00 bits per heavy atom. The zero-order valence-corrected chi connectivity index (χ0v) is 16.2. The molecule has 1 unspecified atom stereocenters. The minimum Gasteiger partial charge on any atom is -0.310 e. The highest BCUT2D eigenvalue weighted by Crippen LogP contribution is 2.56. The molecule has 0 saturated heterocycles. The van der Waals surface area contributed by atoms with E-state index in [1.54, 1.807) is 11.6 Å². The summed E-state index contributed by atoms with van der Waals surface area (Å²) in [6.45, 7) is 5.49. The minimum atomic E-state index is -4.76. The van der Waals surface area contributed by atoms with E-state index in [9.17, 15) is 22.4 Å². The number of benzene rings is 1. The molecule has 0 aliphatic heterocycles. The van der Waals surface area contributed by atoms with E-state index in [1.165, 1.54) is 6.07 Å². The van der Waals surface area contributed by atoms with Crippen LogP contribution in [0.25, 0.3) is 11.0 Å². The van der Waals surface area contributed by atoms with Crippen molar-refractivity contribution >= 4 is 11.0 Å². The number of halogens is 4.